The summed E-state index contributed by atoms with van der Waals surface area (Å²) in [4.78, 5) is 23.7. The number of hydrogen-bond donors (Lipinski definition) is 2. The van der Waals surface area contributed by atoms with Gasteiger partial charge in [0.25, 0.3) is 0 Å². The summed E-state index contributed by atoms with van der Waals surface area (Å²) in [6.07, 6.45) is 4.90. The Bertz CT molecular complexity index is 266. The molecule has 0 saturated carbocycles. The molecule has 6 heteroatoms. The van der Waals surface area contributed by atoms with Crippen LogP contribution >= 0.6 is 0 Å². The predicted octanol–water partition coefficient (Wildman–Crippen LogP) is 0.0206. The molecule has 2 N–H and O–H groups in total. The van der Waals surface area contributed by atoms with Crippen LogP contribution in [-0.2, 0) is 9.59 Å². The number of nitrogens with zero attached hydrogens (tertiary/aromatic N) is 2. The summed E-state index contributed by atoms with van der Waals surface area (Å²) in [5.41, 5.74) is 6.13. The number of amides is 2. The van der Waals surface area contributed by atoms with Gasteiger partial charge in [-0.05, 0) is 25.7 Å². The van der Waals surface area contributed by atoms with Crippen molar-refractivity contribution >= 4 is 11.8 Å². The van der Waals surface area contributed by atoms with Crippen molar-refractivity contribution in [2.75, 3.05) is 26.2 Å². The minimum atomic E-state index is 0.0278. The molecule has 2 aliphatic rings. The smallest absolute Gasteiger partial charge is 0.237 e. The number of nitrogens with one attached hydrogen (secondary N) is 2. The number of rotatable bonds is 3. The van der Waals surface area contributed by atoms with Crippen LogP contribution in [0.25, 0.3) is 0 Å². The van der Waals surface area contributed by atoms with Gasteiger partial charge in [0, 0.05) is 39.0 Å². The van der Waals surface area contributed by atoms with E-state index in [2.05, 4.69) is 10.9 Å². The van der Waals surface area contributed by atoms with E-state index in [0.29, 0.717) is 12.8 Å². The lowest BCUT2D eigenvalue weighted by Crippen LogP contribution is -2.49. The first-order chi connectivity index (χ1) is 8.77. The van der Waals surface area contributed by atoms with Gasteiger partial charge in [0.2, 0.25) is 11.8 Å². The highest BCUT2D eigenvalue weighted by Crippen LogP contribution is 2.06. The molecule has 2 fully saturated rings. The van der Waals surface area contributed by atoms with Crippen LogP contribution in [0.3, 0.4) is 0 Å². The average molecular weight is 254 g/mol. The van der Waals surface area contributed by atoms with Crippen LogP contribution in [0.15, 0.2) is 0 Å². The lowest BCUT2D eigenvalue weighted by atomic mass is 10.2. The Balaban J connectivity index is 1.69. The molecule has 0 radical (unpaired) electrons. The maximum Gasteiger partial charge on any atom is 0.237 e. The van der Waals surface area contributed by atoms with Crippen LogP contribution in [0.5, 0.6) is 0 Å². The summed E-state index contributed by atoms with van der Waals surface area (Å²) in [6, 6.07) is 0. The first kappa shape index (κ1) is 13.3. The molecule has 0 aliphatic carbocycles. The monoisotopic (exact) mass is 254 g/mol. The molecule has 0 aromatic heterocycles. The summed E-state index contributed by atoms with van der Waals surface area (Å²) in [7, 11) is 0. The van der Waals surface area contributed by atoms with Crippen molar-refractivity contribution in [2.24, 2.45) is 0 Å². The van der Waals surface area contributed by atoms with Gasteiger partial charge in [-0.15, -0.1) is 0 Å². The van der Waals surface area contributed by atoms with Crippen molar-refractivity contribution < 1.29 is 9.59 Å². The van der Waals surface area contributed by atoms with E-state index >= 15 is 0 Å². The summed E-state index contributed by atoms with van der Waals surface area (Å²) in [5.74, 6) is 0.0557. The van der Waals surface area contributed by atoms with Crippen LogP contribution < -0.4 is 10.9 Å². The zero-order valence-corrected chi connectivity index (χ0v) is 10.8. The minimum absolute atomic E-state index is 0.0278. The third kappa shape index (κ3) is 3.68. The van der Waals surface area contributed by atoms with Gasteiger partial charge >= 0.3 is 0 Å². The van der Waals surface area contributed by atoms with Crippen LogP contribution in [0.2, 0.25) is 0 Å². The molecule has 2 amide bonds. The topological polar surface area (TPSA) is 64.7 Å². The molecule has 2 rings (SSSR count). The second-order valence-corrected chi connectivity index (χ2v) is 4.82. The third-order valence-corrected chi connectivity index (χ3v) is 3.38. The molecule has 0 atom stereocenters. The summed E-state index contributed by atoms with van der Waals surface area (Å²) in [6.45, 7) is 3.23. The normalized spacial score (nSPS) is 20.9. The van der Waals surface area contributed by atoms with Gasteiger partial charge in [0.15, 0.2) is 0 Å². The number of carbonyl (C=O) groups is 2. The largest absolute Gasteiger partial charge is 0.278 e. The third-order valence-electron chi connectivity index (χ3n) is 3.38. The highest BCUT2D eigenvalue weighted by molar-refractivity contribution is 5.83. The molecular formula is C12H22N4O2. The zero-order chi connectivity index (χ0) is 12.8. The van der Waals surface area contributed by atoms with E-state index < -0.39 is 0 Å². The molecular weight excluding hydrogens is 232 g/mol. The SMILES string of the molecule is O=C(CCC(=O)N1CCCCN1)N1CCCCN1. The van der Waals surface area contributed by atoms with E-state index in [9.17, 15) is 9.59 Å². The van der Waals surface area contributed by atoms with Gasteiger partial charge in [-0.2, -0.15) is 0 Å². The van der Waals surface area contributed by atoms with Crippen LogP contribution in [0, 0.1) is 0 Å². The van der Waals surface area contributed by atoms with Crippen LogP contribution in [0.1, 0.15) is 38.5 Å². The molecule has 0 unspecified atom stereocenters. The Morgan fingerprint density at radius 3 is 1.56 bits per heavy atom. The Hall–Kier alpha value is -1.14. The maximum atomic E-state index is 11.9. The number of carbonyl (C=O) groups excluding carboxylic acids is 2. The standard InChI is InChI=1S/C12H22N4O2/c17-11(15-9-3-1-7-13-15)5-6-12(18)16-10-4-2-8-14-16/h13-14H,1-10H2. The Morgan fingerprint density at radius 2 is 1.22 bits per heavy atom. The van der Waals surface area contributed by atoms with E-state index in [1.807, 2.05) is 0 Å². The van der Waals surface area contributed by atoms with Crippen molar-refractivity contribution in [2.45, 2.75) is 38.5 Å². The van der Waals surface area contributed by atoms with Crippen molar-refractivity contribution in [1.82, 2.24) is 20.9 Å². The van der Waals surface area contributed by atoms with Crippen molar-refractivity contribution in [1.29, 1.82) is 0 Å². The lowest BCUT2D eigenvalue weighted by Gasteiger charge is -2.29. The van der Waals surface area contributed by atoms with Crippen molar-refractivity contribution in [3.8, 4) is 0 Å². The summed E-state index contributed by atoms with van der Waals surface area (Å²) >= 11 is 0. The second-order valence-electron chi connectivity index (χ2n) is 4.82. The predicted molar refractivity (Wildman–Crippen MR) is 67.1 cm³/mol. The molecule has 18 heavy (non-hydrogen) atoms. The fraction of sp³-hybridized carbons (Fsp3) is 0.833. The minimum Gasteiger partial charge on any atom is -0.278 e. The van der Waals surface area contributed by atoms with Gasteiger partial charge in [0.05, 0.1) is 0 Å². The molecule has 6 nitrogen and oxygen atoms in total. The Labute approximate surface area is 108 Å². The lowest BCUT2D eigenvalue weighted by molar-refractivity contribution is -0.141. The Morgan fingerprint density at radius 1 is 0.778 bits per heavy atom. The fourth-order valence-corrected chi connectivity index (χ4v) is 2.29. The molecule has 0 spiro atoms. The molecule has 2 heterocycles. The average Bonchev–Trinajstić information content (AvgIpc) is 2.46. The van der Waals surface area contributed by atoms with Crippen LogP contribution in [0.4, 0.5) is 0 Å². The van der Waals surface area contributed by atoms with Gasteiger partial charge in [-0.3, -0.25) is 19.6 Å². The van der Waals surface area contributed by atoms with E-state index in [1.165, 1.54) is 0 Å². The van der Waals surface area contributed by atoms with E-state index in [-0.39, 0.29) is 11.8 Å². The van der Waals surface area contributed by atoms with Crippen molar-refractivity contribution in [3.63, 3.8) is 0 Å². The van der Waals surface area contributed by atoms with E-state index in [1.54, 1.807) is 10.0 Å². The zero-order valence-electron chi connectivity index (χ0n) is 10.8. The maximum absolute atomic E-state index is 11.9. The van der Waals surface area contributed by atoms with Gasteiger partial charge in [0.1, 0.15) is 0 Å². The van der Waals surface area contributed by atoms with Crippen molar-refractivity contribution in [3.05, 3.63) is 0 Å². The first-order valence-corrected chi connectivity index (χ1v) is 6.85. The number of hydrogen-bond acceptors (Lipinski definition) is 4. The fourth-order valence-electron chi connectivity index (χ4n) is 2.29. The van der Waals surface area contributed by atoms with Crippen LogP contribution in [-0.4, -0.2) is 48.0 Å². The van der Waals surface area contributed by atoms with Gasteiger partial charge in [-0.1, -0.05) is 0 Å². The first-order valence-electron chi connectivity index (χ1n) is 6.85. The van der Waals surface area contributed by atoms with Gasteiger partial charge in [-0.25, -0.2) is 10.9 Å². The second kappa shape index (κ2) is 6.70. The highest BCUT2D eigenvalue weighted by atomic mass is 16.2. The highest BCUT2D eigenvalue weighted by Gasteiger charge is 2.20. The Kier molecular flexibility index (Phi) is 4.95. The molecule has 2 saturated heterocycles. The quantitative estimate of drug-likeness (QED) is 0.745. The summed E-state index contributed by atoms with van der Waals surface area (Å²) in [5, 5.41) is 3.31. The molecule has 0 bridgehead atoms. The van der Waals surface area contributed by atoms with Gasteiger partial charge < -0.3 is 0 Å². The van der Waals surface area contributed by atoms with E-state index in [4.69, 9.17) is 0 Å². The molecule has 102 valence electrons. The van der Waals surface area contributed by atoms with E-state index in [0.717, 1.165) is 51.9 Å². The number of hydrazine groups is 2. The molecule has 0 aromatic rings. The molecule has 2 aliphatic heterocycles. The molecule has 0 aromatic carbocycles. The summed E-state index contributed by atoms with van der Waals surface area (Å²) < 4.78 is 0.